The van der Waals surface area contributed by atoms with Crippen molar-refractivity contribution in [1.82, 2.24) is 20.6 Å². The fourth-order valence-electron chi connectivity index (χ4n) is 9.23. The Bertz CT molecular complexity index is 744. The number of fused-ring (bicyclic) bond motifs is 5. The number of nitrogens with zero attached hydrogens (tertiary/aromatic N) is 4. The van der Waals surface area contributed by atoms with Gasteiger partial charge in [-0.15, -0.1) is 0 Å². The molecule has 0 amide bonds. The van der Waals surface area contributed by atoms with E-state index in [1.807, 2.05) is 0 Å². The second kappa shape index (κ2) is 9.00. The Labute approximate surface area is 210 Å². The molecule has 0 spiro atoms. The van der Waals surface area contributed by atoms with Gasteiger partial charge in [0.25, 0.3) is 0 Å². The van der Waals surface area contributed by atoms with Gasteiger partial charge in [-0.05, 0) is 110 Å². The van der Waals surface area contributed by atoms with E-state index in [2.05, 4.69) is 48.3 Å². The molecule has 4 aliphatic carbocycles. The average molecular weight is 437 g/mol. The SMILES string of the molecule is C[C@@H]1CC[C@@]2(C)[C@@H](C1)C[C@H](O)[C@@H]1[C@@H]2CC[C@]2(C)[C@@H]([C@H](C)CCc3nnn[n-]3)CC[C@@H]12.[Na+]. The van der Waals surface area contributed by atoms with Crippen LogP contribution in [0.3, 0.4) is 0 Å². The molecule has 10 atom stereocenters. The van der Waals surface area contributed by atoms with Gasteiger partial charge in [0, 0.05) is 5.82 Å². The van der Waals surface area contributed by atoms with Gasteiger partial charge in [0.15, 0.2) is 0 Å². The standard InChI is InChI=1S/C25H41N4O.Na/c1-15-9-11-24(3)17(13-15)14-21(30)23-19-7-6-18(25(19,4)12-10-20(23)24)16(2)5-8-22-26-28-29-27-22;/h15-21,23,30H,5-14H2,1-4H3;/q-1;+1/t15-,16-,17+,18-,19+,20+,21+,23+,24+,25-;/m1./s1. The molecular formula is C25H41N4NaO. The van der Waals surface area contributed by atoms with Crippen LogP contribution in [0.5, 0.6) is 0 Å². The number of aromatic nitrogens is 4. The molecule has 1 aromatic heterocycles. The van der Waals surface area contributed by atoms with Crippen LogP contribution in [0, 0.1) is 52.3 Å². The van der Waals surface area contributed by atoms with E-state index in [-0.39, 0.29) is 35.7 Å². The second-order valence-corrected chi connectivity index (χ2v) is 12.2. The van der Waals surface area contributed by atoms with Gasteiger partial charge < -0.3 is 10.2 Å². The summed E-state index contributed by atoms with van der Waals surface area (Å²) in [5.41, 5.74) is 0.854. The van der Waals surface area contributed by atoms with Crippen molar-refractivity contribution in [2.45, 2.75) is 98.0 Å². The number of aryl methyl sites for hydroxylation is 1. The zero-order chi connectivity index (χ0) is 21.1. The molecule has 0 bridgehead atoms. The van der Waals surface area contributed by atoms with Gasteiger partial charge in [-0.25, -0.2) is 0 Å². The minimum atomic E-state index is -0.0769. The van der Waals surface area contributed by atoms with Crippen molar-refractivity contribution >= 4 is 0 Å². The van der Waals surface area contributed by atoms with Crippen LogP contribution < -0.4 is 34.7 Å². The molecule has 4 aliphatic rings. The maximum atomic E-state index is 11.4. The number of tetrazole rings is 1. The first-order chi connectivity index (χ1) is 14.3. The van der Waals surface area contributed by atoms with Crippen LogP contribution in [0.2, 0.25) is 0 Å². The molecule has 5 rings (SSSR count). The Morgan fingerprint density at radius 3 is 2.55 bits per heavy atom. The van der Waals surface area contributed by atoms with Gasteiger partial charge in [-0.1, -0.05) is 34.1 Å². The van der Waals surface area contributed by atoms with Crippen LogP contribution in [0.15, 0.2) is 0 Å². The predicted octanol–water partition coefficient (Wildman–Crippen LogP) is 1.67. The smallest absolute Gasteiger partial charge is 0.393 e. The van der Waals surface area contributed by atoms with Crippen molar-refractivity contribution in [3.63, 3.8) is 0 Å². The fraction of sp³-hybridized carbons (Fsp3) is 0.960. The van der Waals surface area contributed by atoms with Gasteiger partial charge in [-0.2, -0.15) is 5.21 Å². The van der Waals surface area contributed by atoms with Crippen molar-refractivity contribution in [2.75, 3.05) is 0 Å². The van der Waals surface area contributed by atoms with E-state index in [1.54, 1.807) is 0 Å². The maximum absolute atomic E-state index is 11.4. The second-order valence-electron chi connectivity index (χ2n) is 12.2. The summed E-state index contributed by atoms with van der Waals surface area (Å²) in [5, 5.41) is 26.7. The van der Waals surface area contributed by atoms with E-state index in [4.69, 9.17) is 0 Å². The molecule has 0 radical (unpaired) electrons. The number of aliphatic hydroxyl groups is 1. The molecule has 6 heteroatoms. The van der Waals surface area contributed by atoms with Crippen LogP contribution in [0.1, 0.15) is 91.3 Å². The van der Waals surface area contributed by atoms with Crippen molar-refractivity contribution in [3.8, 4) is 0 Å². The summed E-state index contributed by atoms with van der Waals surface area (Å²) in [7, 11) is 0. The number of hydrogen-bond acceptors (Lipinski definition) is 4. The topological polar surface area (TPSA) is 73.0 Å². The van der Waals surface area contributed by atoms with E-state index >= 15 is 0 Å². The monoisotopic (exact) mass is 436 g/mol. The molecule has 0 saturated heterocycles. The first-order valence-electron chi connectivity index (χ1n) is 12.7. The quantitative estimate of drug-likeness (QED) is 0.727. The molecule has 0 aliphatic heterocycles. The van der Waals surface area contributed by atoms with Gasteiger partial charge >= 0.3 is 29.6 Å². The Kier molecular flexibility index (Phi) is 7.01. The first-order valence-corrected chi connectivity index (χ1v) is 12.7. The van der Waals surface area contributed by atoms with Crippen LogP contribution >= 0.6 is 0 Å². The fourth-order valence-corrected chi connectivity index (χ4v) is 9.23. The molecule has 1 aromatic rings. The van der Waals surface area contributed by atoms with Crippen molar-refractivity contribution in [2.24, 2.45) is 52.3 Å². The van der Waals surface area contributed by atoms with Gasteiger partial charge in [0.1, 0.15) is 0 Å². The Hall–Kier alpha value is 0.0300. The zero-order valence-electron chi connectivity index (χ0n) is 20.4. The minimum Gasteiger partial charge on any atom is -0.393 e. The summed E-state index contributed by atoms with van der Waals surface area (Å²) in [5.74, 6) is 5.76. The third-order valence-electron chi connectivity index (χ3n) is 10.9. The van der Waals surface area contributed by atoms with E-state index in [0.29, 0.717) is 28.6 Å². The molecule has 31 heavy (non-hydrogen) atoms. The third kappa shape index (κ3) is 3.98. The molecule has 0 aromatic carbocycles. The van der Waals surface area contributed by atoms with E-state index in [0.717, 1.165) is 48.8 Å². The predicted molar refractivity (Wildman–Crippen MR) is 116 cm³/mol. The van der Waals surface area contributed by atoms with Crippen LogP contribution in [-0.4, -0.2) is 26.7 Å². The Balaban J connectivity index is 0.00000231. The van der Waals surface area contributed by atoms with Crippen molar-refractivity contribution in [1.29, 1.82) is 0 Å². The summed E-state index contributed by atoms with van der Waals surface area (Å²) in [6, 6.07) is 0. The van der Waals surface area contributed by atoms with E-state index < -0.39 is 0 Å². The summed E-state index contributed by atoms with van der Waals surface area (Å²) in [6.45, 7) is 10.0. The van der Waals surface area contributed by atoms with Gasteiger partial charge in [0.2, 0.25) is 0 Å². The van der Waals surface area contributed by atoms with Gasteiger partial charge in [0.05, 0.1) is 6.10 Å². The Morgan fingerprint density at radius 1 is 1.06 bits per heavy atom. The third-order valence-corrected chi connectivity index (χ3v) is 10.9. The number of hydrogen-bond donors (Lipinski definition) is 1. The first kappa shape index (κ1) is 24.2. The zero-order valence-corrected chi connectivity index (χ0v) is 22.4. The van der Waals surface area contributed by atoms with Gasteiger partial charge in [-0.3, -0.25) is 10.3 Å². The van der Waals surface area contributed by atoms with Crippen LogP contribution in [-0.2, 0) is 6.42 Å². The Morgan fingerprint density at radius 2 is 1.81 bits per heavy atom. The summed E-state index contributed by atoms with van der Waals surface area (Å²) >= 11 is 0. The van der Waals surface area contributed by atoms with E-state index in [9.17, 15) is 5.11 Å². The summed E-state index contributed by atoms with van der Waals surface area (Å²) in [4.78, 5) is 0. The van der Waals surface area contributed by atoms with Crippen LogP contribution in [0.4, 0.5) is 0 Å². The number of rotatable bonds is 4. The minimum absolute atomic E-state index is 0. The molecule has 4 saturated carbocycles. The summed E-state index contributed by atoms with van der Waals surface area (Å²) in [6.07, 6.45) is 12.4. The number of aliphatic hydroxyl groups excluding tert-OH is 1. The molecular weight excluding hydrogens is 395 g/mol. The van der Waals surface area contributed by atoms with Crippen molar-refractivity contribution in [3.05, 3.63) is 5.82 Å². The normalized spacial score (nSPS) is 47.6. The largest absolute Gasteiger partial charge is 1.00 e. The molecule has 0 unspecified atom stereocenters. The molecule has 1 N–H and O–H groups in total. The maximum Gasteiger partial charge on any atom is 1.00 e. The summed E-state index contributed by atoms with van der Waals surface area (Å²) < 4.78 is 0. The molecule has 1 heterocycles. The molecule has 5 nitrogen and oxygen atoms in total. The molecule has 168 valence electrons. The van der Waals surface area contributed by atoms with Crippen molar-refractivity contribution < 1.29 is 34.7 Å². The van der Waals surface area contributed by atoms with E-state index in [1.165, 1.54) is 44.9 Å². The molecule has 4 fully saturated rings. The van der Waals surface area contributed by atoms with Crippen LogP contribution in [0.25, 0.3) is 0 Å². The average Bonchev–Trinajstić information content (AvgIpc) is 3.35.